The van der Waals surface area contributed by atoms with E-state index in [1.54, 1.807) is 0 Å². The van der Waals surface area contributed by atoms with Gasteiger partial charge in [-0.1, -0.05) is 164 Å². The van der Waals surface area contributed by atoms with Crippen molar-refractivity contribution in [3.8, 4) is 61.3 Å². The van der Waals surface area contributed by atoms with Gasteiger partial charge in [0.25, 0.3) is 0 Å². The number of fused-ring (bicyclic) bond motifs is 9. The van der Waals surface area contributed by atoms with Gasteiger partial charge in [-0.3, -0.25) is 4.57 Å². The number of aromatic nitrogens is 2. The molecule has 0 amide bonds. The van der Waals surface area contributed by atoms with Gasteiger partial charge in [0, 0.05) is 28.0 Å². The molecule has 2 nitrogen and oxygen atoms in total. The molecule has 0 saturated carbocycles. The van der Waals surface area contributed by atoms with Gasteiger partial charge in [-0.25, -0.2) is 4.98 Å². The van der Waals surface area contributed by atoms with E-state index < -0.39 is 0 Å². The summed E-state index contributed by atoms with van der Waals surface area (Å²) in [5.41, 5.74) is 16.0. The molecule has 0 bridgehead atoms. The van der Waals surface area contributed by atoms with Gasteiger partial charge in [-0.2, -0.15) is 0 Å². The molecule has 0 N–H and O–H groups in total. The van der Waals surface area contributed by atoms with E-state index in [0.717, 1.165) is 16.7 Å². The van der Waals surface area contributed by atoms with Crippen molar-refractivity contribution in [1.29, 1.82) is 0 Å². The zero-order valence-corrected chi connectivity index (χ0v) is 29.9. The molecule has 0 unspecified atom stereocenters. The Kier molecular flexibility index (Phi) is 6.37. The van der Waals surface area contributed by atoms with Crippen molar-refractivity contribution in [2.24, 2.45) is 0 Å². The Balaban J connectivity index is 1.09. The lowest BCUT2D eigenvalue weighted by molar-refractivity contribution is 1.14. The average molecular weight is 697 g/mol. The maximum absolute atomic E-state index is 4.91. The molecule has 1 aliphatic carbocycles. The Morgan fingerprint density at radius 3 is 1.62 bits per heavy atom. The highest BCUT2D eigenvalue weighted by Crippen LogP contribution is 2.58. The molecule has 2 heteroatoms. The fourth-order valence-electron chi connectivity index (χ4n) is 9.51. The minimum absolute atomic E-state index is 0.973. The minimum atomic E-state index is 0.973. The van der Waals surface area contributed by atoms with Crippen molar-refractivity contribution in [1.82, 2.24) is 9.55 Å². The van der Waals surface area contributed by atoms with Crippen LogP contribution in [0.5, 0.6) is 0 Å². The number of rotatable bonds is 4. The second-order valence-corrected chi connectivity index (χ2v) is 14.6. The highest BCUT2D eigenvalue weighted by atomic mass is 15.0. The van der Waals surface area contributed by atoms with Gasteiger partial charge in [-0.15, -0.1) is 0 Å². The third-order valence-corrected chi connectivity index (χ3v) is 11.8. The number of nitrogens with zero attached hydrogens (tertiary/aromatic N) is 2. The highest BCUT2D eigenvalue weighted by molar-refractivity contribution is 6.29. The molecule has 0 radical (unpaired) electrons. The van der Waals surface area contributed by atoms with E-state index in [2.05, 4.69) is 187 Å². The maximum atomic E-state index is 4.91. The van der Waals surface area contributed by atoms with Crippen LogP contribution in [0.1, 0.15) is 0 Å². The summed E-state index contributed by atoms with van der Waals surface area (Å²) >= 11 is 0. The molecular formula is C53H32N2. The van der Waals surface area contributed by atoms with Crippen molar-refractivity contribution in [2.75, 3.05) is 0 Å². The van der Waals surface area contributed by atoms with Crippen LogP contribution in [0.4, 0.5) is 0 Å². The van der Waals surface area contributed by atoms with E-state index in [-0.39, 0.29) is 0 Å². The second kappa shape index (κ2) is 11.6. The molecule has 254 valence electrons. The molecule has 2 aromatic heterocycles. The summed E-state index contributed by atoms with van der Waals surface area (Å²) < 4.78 is 2.34. The van der Waals surface area contributed by atoms with E-state index in [1.807, 2.05) is 12.3 Å². The molecule has 11 aromatic rings. The second-order valence-electron chi connectivity index (χ2n) is 14.6. The Labute approximate surface area is 318 Å². The summed E-state index contributed by atoms with van der Waals surface area (Å²) in [5, 5.41) is 9.98. The summed E-state index contributed by atoms with van der Waals surface area (Å²) in [6.45, 7) is 0. The number of benzene rings is 9. The topological polar surface area (TPSA) is 17.8 Å². The van der Waals surface area contributed by atoms with Gasteiger partial charge in [0.2, 0.25) is 0 Å². The van der Waals surface area contributed by atoms with Gasteiger partial charge >= 0.3 is 0 Å². The van der Waals surface area contributed by atoms with E-state index in [4.69, 9.17) is 4.98 Å². The van der Waals surface area contributed by atoms with Crippen LogP contribution >= 0.6 is 0 Å². The Morgan fingerprint density at radius 1 is 0.327 bits per heavy atom. The zero-order valence-electron chi connectivity index (χ0n) is 29.9. The molecule has 9 aromatic carbocycles. The smallest absolute Gasteiger partial charge is 0.145 e. The molecule has 55 heavy (non-hydrogen) atoms. The fraction of sp³-hybridized carbons (Fsp3) is 0. The van der Waals surface area contributed by atoms with E-state index in [9.17, 15) is 0 Å². The summed E-state index contributed by atoms with van der Waals surface area (Å²) in [6, 6.07) is 68.9. The molecule has 0 saturated heterocycles. The predicted octanol–water partition coefficient (Wildman–Crippen LogP) is 14.3. The van der Waals surface area contributed by atoms with Crippen molar-refractivity contribution in [2.45, 2.75) is 0 Å². The monoisotopic (exact) mass is 696 g/mol. The zero-order chi connectivity index (χ0) is 36.0. The largest absolute Gasteiger partial charge is 0.293 e. The van der Waals surface area contributed by atoms with Crippen LogP contribution in [0.2, 0.25) is 0 Å². The Hall–Kier alpha value is -7.29. The van der Waals surface area contributed by atoms with Crippen LogP contribution < -0.4 is 0 Å². The first-order valence-corrected chi connectivity index (χ1v) is 19.0. The van der Waals surface area contributed by atoms with Gasteiger partial charge < -0.3 is 0 Å². The Morgan fingerprint density at radius 2 is 0.909 bits per heavy atom. The van der Waals surface area contributed by atoms with Crippen LogP contribution in [0, 0.1) is 0 Å². The molecule has 12 rings (SSSR count). The number of hydrogen-bond acceptors (Lipinski definition) is 1. The molecule has 2 heterocycles. The summed E-state index contributed by atoms with van der Waals surface area (Å²) in [7, 11) is 0. The highest BCUT2D eigenvalue weighted by Gasteiger charge is 2.31. The minimum Gasteiger partial charge on any atom is -0.293 e. The molecule has 0 aliphatic heterocycles. The van der Waals surface area contributed by atoms with Crippen molar-refractivity contribution in [3.05, 3.63) is 194 Å². The third kappa shape index (κ3) is 4.28. The van der Waals surface area contributed by atoms with Crippen molar-refractivity contribution >= 4 is 54.3 Å². The van der Waals surface area contributed by atoms with Crippen LogP contribution in [0.15, 0.2) is 194 Å². The summed E-state index contributed by atoms with van der Waals surface area (Å²) in [4.78, 5) is 4.91. The quantitative estimate of drug-likeness (QED) is 0.179. The average Bonchev–Trinajstić information content (AvgIpc) is 3.78. The lowest BCUT2D eigenvalue weighted by atomic mass is 9.82. The molecule has 0 atom stereocenters. The first kappa shape index (κ1) is 30.2. The predicted molar refractivity (Wildman–Crippen MR) is 232 cm³/mol. The molecular weight excluding hydrogens is 665 g/mol. The molecule has 1 aliphatic rings. The van der Waals surface area contributed by atoms with Gasteiger partial charge in [0.05, 0.1) is 5.52 Å². The standard InChI is InChI=1S/C53H32N2/c1-3-14-35(15-4-1)47-41-19-9-10-20-42(41)48(36-16-5-2-6-17-36)51-46-31-30-38(40-21-11-22-45(49(40)46)50(47)51)34-24-27-37(28-25-34)55-52-39-18-8-7-13-33(39)26-29-43(52)44-23-12-32-54-53(44)55/h1-32H. The van der Waals surface area contributed by atoms with Gasteiger partial charge in [0.15, 0.2) is 0 Å². The molecule has 0 fully saturated rings. The normalized spacial score (nSPS) is 12.0. The lowest BCUT2D eigenvalue weighted by Gasteiger charge is -2.20. The van der Waals surface area contributed by atoms with Gasteiger partial charge in [-0.05, 0) is 107 Å². The van der Waals surface area contributed by atoms with Crippen LogP contribution in [-0.4, -0.2) is 9.55 Å². The maximum Gasteiger partial charge on any atom is 0.145 e. The van der Waals surface area contributed by atoms with E-state index in [0.29, 0.717) is 0 Å². The first-order valence-electron chi connectivity index (χ1n) is 19.0. The third-order valence-electron chi connectivity index (χ3n) is 11.8. The SMILES string of the molecule is c1ccc(-c2c3c(c(-c4ccccc4)c4ccccc24)-c2ccc(-c4ccc(-n5c6ncccc6c6ccc7ccccc7c65)cc4)c4cccc-3c24)cc1. The first-order chi connectivity index (χ1) is 27.3. The number of hydrogen-bond donors (Lipinski definition) is 0. The Bertz CT molecular complexity index is 3250. The summed E-state index contributed by atoms with van der Waals surface area (Å²) in [5.74, 6) is 0. The van der Waals surface area contributed by atoms with Gasteiger partial charge in [0.1, 0.15) is 5.65 Å². The van der Waals surface area contributed by atoms with Crippen molar-refractivity contribution < 1.29 is 0 Å². The number of pyridine rings is 1. The van der Waals surface area contributed by atoms with Crippen LogP contribution in [-0.2, 0) is 0 Å². The van der Waals surface area contributed by atoms with E-state index >= 15 is 0 Å². The fourth-order valence-corrected chi connectivity index (χ4v) is 9.51. The van der Waals surface area contributed by atoms with E-state index in [1.165, 1.54) is 98.9 Å². The van der Waals surface area contributed by atoms with Crippen LogP contribution in [0.3, 0.4) is 0 Å². The molecule has 0 spiro atoms. The summed E-state index contributed by atoms with van der Waals surface area (Å²) in [6.07, 6.45) is 1.90. The van der Waals surface area contributed by atoms with Crippen molar-refractivity contribution in [3.63, 3.8) is 0 Å². The lowest BCUT2D eigenvalue weighted by Crippen LogP contribution is -1.96. The van der Waals surface area contributed by atoms with Crippen LogP contribution in [0.25, 0.3) is 116 Å².